The van der Waals surface area contributed by atoms with Gasteiger partial charge in [0.2, 0.25) is 0 Å². The molecule has 0 aliphatic heterocycles. The van der Waals surface area contributed by atoms with Gasteiger partial charge in [0, 0.05) is 11.7 Å². The van der Waals surface area contributed by atoms with E-state index in [0.29, 0.717) is 6.04 Å². The summed E-state index contributed by atoms with van der Waals surface area (Å²) in [5.41, 5.74) is 7.22. The van der Waals surface area contributed by atoms with Crippen molar-refractivity contribution in [2.45, 2.75) is 18.9 Å². The average Bonchev–Trinajstić information content (AvgIpc) is 2.90. The van der Waals surface area contributed by atoms with Crippen LogP contribution in [0, 0.1) is 0 Å². The first-order valence-electron chi connectivity index (χ1n) is 4.74. The molecule has 1 aromatic heterocycles. The quantitative estimate of drug-likeness (QED) is 0.709. The van der Waals surface area contributed by atoms with Crippen LogP contribution in [-0.4, -0.2) is 11.2 Å². The Hall–Kier alpha value is -1.71. The van der Waals surface area contributed by atoms with Gasteiger partial charge in [0.05, 0.1) is 5.39 Å². The zero-order valence-electron chi connectivity index (χ0n) is 7.66. The van der Waals surface area contributed by atoms with Gasteiger partial charge >= 0.3 is 0 Å². The lowest BCUT2D eigenvalue weighted by Gasteiger charge is -1.98. The highest BCUT2D eigenvalue weighted by atomic mass is 16.5. The van der Waals surface area contributed by atoms with E-state index in [4.69, 9.17) is 10.3 Å². The molecule has 0 radical (unpaired) electrons. The smallest absolute Gasteiger partial charge is 0.177 e. The maximum atomic E-state index is 5.70. The van der Waals surface area contributed by atoms with Crippen molar-refractivity contribution in [3.05, 3.63) is 18.2 Å². The van der Waals surface area contributed by atoms with E-state index in [-0.39, 0.29) is 0 Å². The zero-order valence-corrected chi connectivity index (χ0v) is 7.66. The van der Waals surface area contributed by atoms with Crippen LogP contribution in [0.3, 0.4) is 0 Å². The van der Waals surface area contributed by atoms with Crippen LogP contribution in [0.1, 0.15) is 12.8 Å². The summed E-state index contributed by atoms with van der Waals surface area (Å²) in [6, 6.07) is 6.12. The lowest BCUT2D eigenvalue weighted by atomic mass is 10.2. The van der Waals surface area contributed by atoms with Gasteiger partial charge in [-0.3, -0.25) is 0 Å². The Balaban J connectivity index is 2.08. The molecule has 4 nitrogen and oxygen atoms in total. The van der Waals surface area contributed by atoms with Crippen LogP contribution in [0.25, 0.3) is 11.0 Å². The minimum atomic E-state index is 0.574. The topological polar surface area (TPSA) is 64.1 Å². The lowest BCUT2D eigenvalue weighted by Crippen LogP contribution is -2.00. The number of nitrogens with zero attached hydrogens (tertiary/aromatic N) is 1. The predicted molar refractivity (Wildman–Crippen MR) is 55.1 cm³/mol. The van der Waals surface area contributed by atoms with E-state index < -0.39 is 0 Å². The van der Waals surface area contributed by atoms with Crippen LogP contribution in [0.15, 0.2) is 22.7 Å². The van der Waals surface area contributed by atoms with Crippen LogP contribution in [-0.2, 0) is 0 Å². The van der Waals surface area contributed by atoms with Crippen LogP contribution in [0.5, 0.6) is 0 Å². The minimum absolute atomic E-state index is 0.574. The minimum Gasteiger partial charge on any atom is -0.399 e. The van der Waals surface area contributed by atoms with Crippen molar-refractivity contribution >= 4 is 22.5 Å². The largest absolute Gasteiger partial charge is 0.399 e. The fraction of sp³-hybridized carbons (Fsp3) is 0.300. The number of hydrogen-bond donors (Lipinski definition) is 2. The summed E-state index contributed by atoms with van der Waals surface area (Å²) in [5.74, 6) is 0.815. The molecule has 72 valence electrons. The first-order chi connectivity index (χ1) is 6.83. The molecule has 1 aliphatic rings. The number of fused-ring (bicyclic) bond motifs is 1. The summed E-state index contributed by atoms with van der Waals surface area (Å²) < 4.78 is 5.16. The average molecular weight is 189 g/mol. The summed E-state index contributed by atoms with van der Waals surface area (Å²) in [7, 11) is 0. The Labute approximate surface area is 81.1 Å². The maximum Gasteiger partial charge on any atom is 0.177 e. The van der Waals surface area contributed by atoms with Crippen molar-refractivity contribution in [2.24, 2.45) is 0 Å². The highest BCUT2D eigenvalue weighted by Crippen LogP contribution is 2.30. The maximum absolute atomic E-state index is 5.70. The van der Waals surface area contributed by atoms with Crippen molar-refractivity contribution in [1.82, 2.24) is 5.16 Å². The molecular formula is C10H11N3O. The van der Waals surface area contributed by atoms with Gasteiger partial charge in [-0.1, -0.05) is 5.16 Å². The molecule has 14 heavy (non-hydrogen) atoms. The first-order valence-corrected chi connectivity index (χ1v) is 4.74. The molecule has 1 heterocycles. The van der Waals surface area contributed by atoms with Crippen LogP contribution >= 0.6 is 0 Å². The third-order valence-corrected chi connectivity index (χ3v) is 2.41. The Morgan fingerprint density at radius 3 is 3.07 bits per heavy atom. The number of nitrogen functional groups attached to an aromatic ring is 1. The van der Waals surface area contributed by atoms with Crippen molar-refractivity contribution in [3.8, 4) is 0 Å². The highest BCUT2D eigenvalue weighted by molar-refractivity contribution is 5.90. The summed E-state index contributed by atoms with van der Waals surface area (Å²) in [4.78, 5) is 0. The van der Waals surface area contributed by atoms with Crippen LogP contribution in [0.4, 0.5) is 11.5 Å². The number of benzene rings is 1. The number of hydrogen-bond acceptors (Lipinski definition) is 4. The molecule has 1 fully saturated rings. The number of anilines is 2. The Morgan fingerprint density at radius 2 is 2.29 bits per heavy atom. The molecule has 3 rings (SSSR count). The highest BCUT2D eigenvalue weighted by Gasteiger charge is 2.23. The van der Waals surface area contributed by atoms with Gasteiger partial charge in [-0.25, -0.2) is 0 Å². The second-order valence-electron chi connectivity index (χ2n) is 3.71. The fourth-order valence-corrected chi connectivity index (χ4v) is 1.48. The molecule has 0 unspecified atom stereocenters. The fourth-order valence-electron chi connectivity index (χ4n) is 1.48. The van der Waals surface area contributed by atoms with Crippen molar-refractivity contribution in [1.29, 1.82) is 0 Å². The molecular weight excluding hydrogens is 178 g/mol. The SMILES string of the molecule is Nc1ccc2onc(NC3CC3)c2c1. The molecule has 4 heteroatoms. The predicted octanol–water partition coefficient (Wildman–Crippen LogP) is 1.98. The summed E-state index contributed by atoms with van der Waals surface area (Å²) in [5, 5.41) is 8.25. The van der Waals surface area contributed by atoms with E-state index in [1.165, 1.54) is 12.8 Å². The van der Waals surface area contributed by atoms with Gasteiger partial charge in [-0.15, -0.1) is 0 Å². The molecule has 0 atom stereocenters. The van der Waals surface area contributed by atoms with Gasteiger partial charge < -0.3 is 15.6 Å². The van der Waals surface area contributed by atoms with Gasteiger partial charge in [-0.2, -0.15) is 0 Å². The normalized spacial score (nSPS) is 16.0. The van der Waals surface area contributed by atoms with E-state index >= 15 is 0 Å². The molecule has 0 amide bonds. The number of aromatic nitrogens is 1. The summed E-state index contributed by atoms with van der Waals surface area (Å²) in [6.07, 6.45) is 2.44. The van der Waals surface area contributed by atoms with E-state index in [9.17, 15) is 0 Å². The first kappa shape index (κ1) is 7.67. The summed E-state index contributed by atoms with van der Waals surface area (Å²) in [6.45, 7) is 0. The van der Waals surface area contributed by atoms with Gasteiger partial charge in [-0.05, 0) is 31.0 Å². The third kappa shape index (κ3) is 1.19. The third-order valence-electron chi connectivity index (χ3n) is 2.41. The van der Waals surface area contributed by atoms with Crippen LogP contribution < -0.4 is 11.1 Å². The lowest BCUT2D eigenvalue weighted by molar-refractivity contribution is 0.459. The Kier molecular flexibility index (Phi) is 1.45. The molecule has 1 aliphatic carbocycles. The van der Waals surface area contributed by atoms with Crippen molar-refractivity contribution < 1.29 is 4.52 Å². The van der Waals surface area contributed by atoms with E-state index in [2.05, 4.69) is 10.5 Å². The summed E-state index contributed by atoms with van der Waals surface area (Å²) >= 11 is 0. The number of nitrogens with two attached hydrogens (primary N) is 1. The Morgan fingerprint density at radius 1 is 1.43 bits per heavy atom. The van der Waals surface area contributed by atoms with Crippen molar-refractivity contribution in [3.63, 3.8) is 0 Å². The van der Waals surface area contributed by atoms with Gasteiger partial charge in [0.15, 0.2) is 11.4 Å². The number of nitrogens with one attached hydrogen (secondary N) is 1. The second kappa shape index (κ2) is 2.64. The van der Waals surface area contributed by atoms with E-state index in [1.54, 1.807) is 0 Å². The standard InChI is InChI=1S/C10H11N3O/c11-6-1-4-9-8(5-6)10(13-14-9)12-7-2-3-7/h1,4-5,7H,2-3,11H2,(H,12,13). The Bertz CT molecular complexity index is 473. The molecule has 2 aromatic rings. The molecule has 1 saturated carbocycles. The van der Waals surface area contributed by atoms with E-state index in [1.807, 2.05) is 18.2 Å². The second-order valence-corrected chi connectivity index (χ2v) is 3.71. The molecule has 3 N–H and O–H groups in total. The monoisotopic (exact) mass is 189 g/mol. The van der Waals surface area contributed by atoms with Gasteiger partial charge in [0.25, 0.3) is 0 Å². The molecule has 0 spiro atoms. The zero-order chi connectivity index (χ0) is 9.54. The number of rotatable bonds is 2. The van der Waals surface area contributed by atoms with Crippen molar-refractivity contribution in [2.75, 3.05) is 11.1 Å². The van der Waals surface area contributed by atoms with Gasteiger partial charge in [0.1, 0.15) is 0 Å². The van der Waals surface area contributed by atoms with E-state index in [0.717, 1.165) is 22.5 Å². The molecule has 0 saturated heterocycles. The van der Waals surface area contributed by atoms with Crippen LogP contribution in [0.2, 0.25) is 0 Å². The molecule has 1 aromatic carbocycles. The molecule has 0 bridgehead atoms.